The van der Waals surface area contributed by atoms with Crippen molar-refractivity contribution in [3.8, 4) is 0 Å². The van der Waals surface area contributed by atoms with Gasteiger partial charge in [-0.05, 0) is 31.2 Å². The average molecular weight is 398 g/mol. The molecule has 0 N–H and O–H groups in total. The van der Waals surface area contributed by atoms with Crippen molar-refractivity contribution in [2.75, 3.05) is 7.11 Å². The Labute approximate surface area is 159 Å². The summed E-state index contributed by atoms with van der Waals surface area (Å²) in [5.41, 5.74) is 2.01. The quantitative estimate of drug-likeness (QED) is 0.709. The van der Waals surface area contributed by atoms with Crippen LogP contribution in [0.2, 0.25) is 10.0 Å². The van der Waals surface area contributed by atoms with Gasteiger partial charge in [-0.2, -0.15) is 0 Å². The van der Waals surface area contributed by atoms with Gasteiger partial charge in [0.2, 0.25) is 5.25 Å². The van der Waals surface area contributed by atoms with E-state index in [2.05, 4.69) is 5.16 Å². The predicted octanol–water partition coefficient (Wildman–Crippen LogP) is 4.58. The van der Waals surface area contributed by atoms with E-state index in [4.69, 9.17) is 32.8 Å². The fourth-order valence-electron chi connectivity index (χ4n) is 2.65. The van der Waals surface area contributed by atoms with Crippen molar-refractivity contribution in [3.05, 3.63) is 63.6 Å². The molecule has 7 heteroatoms. The number of hydrogen-bond acceptors (Lipinski definition) is 4. The van der Waals surface area contributed by atoms with E-state index in [1.165, 1.54) is 7.11 Å². The molecule has 0 unspecified atom stereocenters. The van der Waals surface area contributed by atoms with Crippen LogP contribution in [-0.4, -0.2) is 28.4 Å². The van der Waals surface area contributed by atoms with Crippen LogP contribution < -0.4 is 0 Å². The number of rotatable bonds is 4. The Bertz CT molecular complexity index is 792. The third kappa shape index (κ3) is 3.39. The van der Waals surface area contributed by atoms with Gasteiger partial charge < -0.3 is 14.1 Å². The molecule has 4 nitrogen and oxygen atoms in total. The van der Waals surface area contributed by atoms with Gasteiger partial charge in [0.1, 0.15) is 5.71 Å². The number of benzene rings is 2. The van der Waals surface area contributed by atoms with E-state index >= 15 is 0 Å². The second-order valence-electron chi connectivity index (χ2n) is 5.88. The number of methoxy groups -OCH3 is 1. The molecule has 0 radical (unpaired) electrons. The highest BCUT2D eigenvalue weighted by atomic mass is 35.5. The summed E-state index contributed by atoms with van der Waals surface area (Å²) in [6, 6.07) is 12.6. The van der Waals surface area contributed by atoms with E-state index in [0.717, 1.165) is 5.56 Å². The van der Waals surface area contributed by atoms with Gasteiger partial charge in [-0.15, -0.1) is 0 Å². The first-order chi connectivity index (χ1) is 11.9. The normalized spacial score (nSPS) is 23.9. The SMILES string of the molecule is CO[C@]1(C)ON=C(c2c(Cl)cccc2Cl)[C@@H]1[S@@+]([O-])c1ccc(C)cc1. The van der Waals surface area contributed by atoms with Gasteiger partial charge in [-0.25, -0.2) is 0 Å². The van der Waals surface area contributed by atoms with Crippen LogP contribution in [0.1, 0.15) is 18.1 Å². The van der Waals surface area contributed by atoms with E-state index in [1.54, 1.807) is 25.1 Å². The topological polar surface area (TPSA) is 53.9 Å². The summed E-state index contributed by atoms with van der Waals surface area (Å²) in [7, 11) is 1.49. The van der Waals surface area contributed by atoms with E-state index in [9.17, 15) is 4.55 Å². The van der Waals surface area contributed by atoms with Crippen molar-refractivity contribution in [1.82, 2.24) is 0 Å². The number of oxime groups is 1. The first kappa shape index (κ1) is 18.5. The summed E-state index contributed by atoms with van der Waals surface area (Å²) in [6.45, 7) is 3.67. The van der Waals surface area contributed by atoms with Crippen LogP contribution >= 0.6 is 23.2 Å². The minimum Gasteiger partial charge on any atom is -0.611 e. The summed E-state index contributed by atoms with van der Waals surface area (Å²) in [5, 5.41) is 4.28. The average Bonchev–Trinajstić information content (AvgIpc) is 2.93. The molecule has 0 amide bonds. The summed E-state index contributed by atoms with van der Waals surface area (Å²) in [6.07, 6.45) is 0. The molecule has 0 aliphatic carbocycles. The van der Waals surface area contributed by atoms with Crippen LogP contribution in [0.3, 0.4) is 0 Å². The lowest BCUT2D eigenvalue weighted by atomic mass is 10.0. The Morgan fingerprint density at radius 3 is 2.32 bits per heavy atom. The van der Waals surface area contributed by atoms with E-state index in [0.29, 0.717) is 26.2 Å². The first-order valence-corrected chi connectivity index (χ1v) is 9.57. The minimum absolute atomic E-state index is 0.416. The number of hydrogen-bond donors (Lipinski definition) is 0. The van der Waals surface area contributed by atoms with Crippen molar-refractivity contribution >= 4 is 40.1 Å². The maximum Gasteiger partial charge on any atom is 0.288 e. The van der Waals surface area contributed by atoms with Gasteiger partial charge in [-0.3, -0.25) is 0 Å². The lowest BCUT2D eigenvalue weighted by molar-refractivity contribution is -0.189. The first-order valence-electron chi connectivity index (χ1n) is 7.60. The molecule has 1 aliphatic rings. The molecule has 0 bridgehead atoms. The molecule has 132 valence electrons. The molecular weight excluding hydrogens is 381 g/mol. The predicted molar refractivity (Wildman–Crippen MR) is 101 cm³/mol. The van der Waals surface area contributed by atoms with Gasteiger partial charge in [-0.1, -0.05) is 52.1 Å². The van der Waals surface area contributed by atoms with Crippen LogP contribution in [0.25, 0.3) is 0 Å². The van der Waals surface area contributed by atoms with Crippen LogP contribution in [-0.2, 0) is 20.8 Å². The molecule has 2 aromatic rings. The Morgan fingerprint density at radius 1 is 1.16 bits per heavy atom. The molecule has 1 aliphatic heterocycles. The molecule has 1 heterocycles. The largest absolute Gasteiger partial charge is 0.611 e. The highest BCUT2D eigenvalue weighted by molar-refractivity contribution is 7.93. The molecule has 0 aromatic heterocycles. The van der Waals surface area contributed by atoms with Crippen LogP contribution in [0.4, 0.5) is 0 Å². The standard InChI is InChI=1S/C18H17Cl2NO3S/c1-11-7-9-12(10-8-11)25(22)17-16(21-24-18(17,2)23-3)15-13(19)5-4-6-14(15)20/h4-10,17H,1-3H3/t17-,18+,25-/m0/s1. The minimum atomic E-state index is -1.48. The van der Waals surface area contributed by atoms with Gasteiger partial charge in [0.05, 0.1) is 10.0 Å². The summed E-state index contributed by atoms with van der Waals surface area (Å²) in [5.74, 6) is -1.19. The van der Waals surface area contributed by atoms with Gasteiger partial charge in [0.25, 0.3) is 5.79 Å². The highest BCUT2D eigenvalue weighted by Gasteiger charge is 2.55. The third-order valence-electron chi connectivity index (χ3n) is 4.14. The zero-order valence-electron chi connectivity index (χ0n) is 14.0. The molecule has 2 aromatic carbocycles. The van der Waals surface area contributed by atoms with Gasteiger partial charge in [0, 0.05) is 30.8 Å². The second kappa shape index (κ2) is 7.17. The zero-order valence-corrected chi connectivity index (χ0v) is 16.3. The maximum absolute atomic E-state index is 13.3. The van der Waals surface area contributed by atoms with Crippen molar-refractivity contribution < 1.29 is 14.1 Å². The smallest absolute Gasteiger partial charge is 0.288 e. The zero-order chi connectivity index (χ0) is 18.2. The van der Waals surface area contributed by atoms with Crippen molar-refractivity contribution in [3.63, 3.8) is 0 Å². The summed E-state index contributed by atoms with van der Waals surface area (Å²) in [4.78, 5) is 6.15. The fraction of sp³-hybridized carbons (Fsp3) is 0.278. The lowest BCUT2D eigenvalue weighted by Crippen LogP contribution is -2.48. The fourth-order valence-corrected chi connectivity index (χ4v) is 4.81. The Kier molecular flexibility index (Phi) is 5.32. The Balaban J connectivity index is 2.08. The Hall–Kier alpha value is -1.24. The van der Waals surface area contributed by atoms with Crippen molar-refractivity contribution in [2.45, 2.75) is 29.8 Å². The van der Waals surface area contributed by atoms with Crippen LogP contribution in [0.5, 0.6) is 0 Å². The van der Waals surface area contributed by atoms with Crippen LogP contribution in [0, 0.1) is 6.92 Å². The maximum atomic E-state index is 13.3. The molecule has 0 saturated heterocycles. The van der Waals surface area contributed by atoms with E-state index in [-0.39, 0.29) is 0 Å². The molecule has 3 atom stereocenters. The Morgan fingerprint density at radius 2 is 1.76 bits per heavy atom. The summed E-state index contributed by atoms with van der Waals surface area (Å²) >= 11 is 11.2. The third-order valence-corrected chi connectivity index (χ3v) is 6.59. The van der Waals surface area contributed by atoms with Crippen LogP contribution in [0.15, 0.2) is 52.5 Å². The number of ether oxygens (including phenoxy) is 1. The van der Waals surface area contributed by atoms with Gasteiger partial charge >= 0.3 is 0 Å². The molecule has 3 rings (SSSR count). The molecule has 0 spiro atoms. The summed E-state index contributed by atoms with van der Waals surface area (Å²) < 4.78 is 18.8. The monoisotopic (exact) mass is 397 g/mol. The van der Waals surface area contributed by atoms with Gasteiger partial charge in [0.15, 0.2) is 4.90 Å². The van der Waals surface area contributed by atoms with E-state index < -0.39 is 22.2 Å². The lowest BCUT2D eigenvalue weighted by Gasteiger charge is -2.29. The highest BCUT2D eigenvalue weighted by Crippen LogP contribution is 2.39. The van der Waals surface area contributed by atoms with Crippen molar-refractivity contribution in [2.24, 2.45) is 5.16 Å². The molecule has 0 saturated carbocycles. The molecular formula is C18H17Cl2NO3S. The second-order valence-corrected chi connectivity index (χ2v) is 8.23. The molecule has 25 heavy (non-hydrogen) atoms. The number of aryl methyl sites for hydroxylation is 1. The van der Waals surface area contributed by atoms with Crippen molar-refractivity contribution in [1.29, 1.82) is 0 Å². The number of halogens is 2. The molecule has 0 fully saturated rings. The van der Waals surface area contributed by atoms with E-state index in [1.807, 2.05) is 31.2 Å². The number of nitrogens with zero attached hydrogens (tertiary/aromatic N) is 1.